The van der Waals surface area contributed by atoms with Crippen molar-refractivity contribution in [3.63, 3.8) is 0 Å². The maximum Gasteiger partial charge on any atom is 0.387 e. The Hall–Kier alpha value is -2.22. The van der Waals surface area contributed by atoms with Crippen LogP contribution in [0.15, 0.2) is 36.4 Å². The molecule has 0 fully saturated rings. The van der Waals surface area contributed by atoms with Crippen LogP contribution in [-0.2, 0) is 4.79 Å². The number of nitrogens with one attached hydrogen (secondary N) is 2. The van der Waals surface area contributed by atoms with Gasteiger partial charge in [-0.2, -0.15) is 8.78 Å². The van der Waals surface area contributed by atoms with Gasteiger partial charge in [-0.05, 0) is 35.9 Å². The predicted octanol–water partition coefficient (Wildman–Crippen LogP) is 5.41. The van der Waals surface area contributed by atoms with E-state index in [2.05, 4.69) is 15.6 Å². The lowest BCUT2D eigenvalue weighted by molar-refractivity contribution is -0.116. The van der Waals surface area contributed by atoms with E-state index in [-0.39, 0.29) is 21.5 Å². The summed E-state index contributed by atoms with van der Waals surface area (Å²) in [6, 6.07) is 7.18. The summed E-state index contributed by atoms with van der Waals surface area (Å²) in [5, 5.41) is 0.822. The number of amides is 1. The molecule has 0 aromatic heterocycles. The lowest BCUT2D eigenvalue weighted by Gasteiger charge is -2.11. The quantitative estimate of drug-likeness (QED) is 0.449. The lowest BCUT2D eigenvalue weighted by Crippen LogP contribution is -2.27. The fourth-order valence-electron chi connectivity index (χ4n) is 1.98. The van der Waals surface area contributed by atoms with Crippen LogP contribution in [0.5, 0.6) is 11.5 Å². The molecular weight excluding hydrogens is 425 g/mol. The second-order valence-corrected chi connectivity index (χ2v) is 6.23. The molecule has 0 radical (unpaired) electrons. The van der Waals surface area contributed by atoms with E-state index in [4.69, 9.17) is 39.5 Å². The Bertz CT molecular complexity index is 840. The molecule has 0 atom stereocenters. The maximum absolute atomic E-state index is 12.3. The number of hydrazine groups is 1. The van der Waals surface area contributed by atoms with E-state index in [1.165, 1.54) is 49.6 Å². The molecule has 0 aliphatic heterocycles. The number of hydrogen-bond donors (Lipinski definition) is 2. The summed E-state index contributed by atoms with van der Waals surface area (Å²) in [6.45, 7) is -2.97. The van der Waals surface area contributed by atoms with Crippen molar-refractivity contribution in [2.75, 3.05) is 12.5 Å². The minimum absolute atomic E-state index is 0.107. The molecule has 2 rings (SSSR count). The van der Waals surface area contributed by atoms with Crippen molar-refractivity contribution in [2.24, 2.45) is 0 Å². The summed E-state index contributed by atoms with van der Waals surface area (Å²) in [4.78, 5) is 11.9. The summed E-state index contributed by atoms with van der Waals surface area (Å²) in [5.74, 6) is -0.512. The van der Waals surface area contributed by atoms with Crippen LogP contribution in [0.1, 0.15) is 5.56 Å². The first-order valence-corrected chi connectivity index (χ1v) is 8.45. The van der Waals surface area contributed by atoms with Gasteiger partial charge in [0.25, 0.3) is 5.91 Å². The molecule has 27 heavy (non-hydrogen) atoms. The zero-order chi connectivity index (χ0) is 20.0. The minimum atomic E-state index is -2.97. The number of carbonyl (C=O) groups is 1. The molecule has 0 heterocycles. The van der Waals surface area contributed by atoms with Crippen LogP contribution in [0, 0.1) is 0 Å². The molecule has 0 saturated heterocycles. The number of rotatable bonds is 7. The minimum Gasteiger partial charge on any atom is -0.493 e. The zero-order valence-corrected chi connectivity index (χ0v) is 16.0. The van der Waals surface area contributed by atoms with Gasteiger partial charge in [0.2, 0.25) is 0 Å². The summed E-state index contributed by atoms with van der Waals surface area (Å²) in [6.07, 6.45) is 2.67. The van der Waals surface area contributed by atoms with Crippen LogP contribution in [0.3, 0.4) is 0 Å². The Labute approximate surface area is 168 Å². The Morgan fingerprint density at radius 1 is 1.11 bits per heavy atom. The first-order chi connectivity index (χ1) is 12.8. The second kappa shape index (κ2) is 9.64. The Morgan fingerprint density at radius 2 is 1.78 bits per heavy atom. The molecule has 2 N–H and O–H groups in total. The van der Waals surface area contributed by atoms with Crippen molar-refractivity contribution in [1.82, 2.24) is 5.43 Å². The molecule has 2 aromatic carbocycles. The highest BCUT2D eigenvalue weighted by Crippen LogP contribution is 2.33. The average Bonchev–Trinajstić information content (AvgIpc) is 2.59. The molecule has 2 aromatic rings. The number of alkyl halides is 2. The Kier molecular flexibility index (Phi) is 7.53. The normalized spacial score (nSPS) is 10.9. The van der Waals surface area contributed by atoms with Crippen LogP contribution in [-0.4, -0.2) is 19.6 Å². The topological polar surface area (TPSA) is 59.6 Å². The van der Waals surface area contributed by atoms with Crippen molar-refractivity contribution in [3.8, 4) is 11.5 Å². The predicted molar refractivity (Wildman–Crippen MR) is 102 cm³/mol. The van der Waals surface area contributed by atoms with Crippen molar-refractivity contribution >= 4 is 52.5 Å². The number of halogens is 5. The number of benzene rings is 2. The van der Waals surface area contributed by atoms with E-state index < -0.39 is 12.5 Å². The first-order valence-electron chi connectivity index (χ1n) is 7.31. The molecule has 0 aliphatic rings. The van der Waals surface area contributed by atoms with Crippen molar-refractivity contribution in [3.05, 3.63) is 57.0 Å². The Balaban J connectivity index is 2.02. The van der Waals surface area contributed by atoms with Crippen LogP contribution < -0.4 is 20.3 Å². The van der Waals surface area contributed by atoms with E-state index >= 15 is 0 Å². The van der Waals surface area contributed by atoms with E-state index in [9.17, 15) is 13.6 Å². The highest BCUT2D eigenvalue weighted by Gasteiger charge is 2.11. The molecule has 1 amide bonds. The van der Waals surface area contributed by atoms with Gasteiger partial charge in [-0.25, -0.2) is 0 Å². The summed E-state index contributed by atoms with van der Waals surface area (Å²) >= 11 is 17.8. The summed E-state index contributed by atoms with van der Waals surface area (Å²) < 4.78 is 34.0. The van der Waals surface area contributed by atoms with E-state index in [1.54, 1.807) is 0 Å². The van der Waals surface area contributed by atoms with Gasteiger partial charge < -0.3 is 9.47 Å². The molecule has 10 heteroatoms. The van der Waals surface area contributed by atoms with Gasteiger partial charge >= 0.3 is 6.61 Å². The molecule has 0 unspecified atom stereocenters. The highest BCUT2D eigenvalue weighted by atomic mass is 35.5. The SMILES string of the molecule is COc1cc(/C=C/C(=O)NNc2c(Cl)cc(Cl)cc2Cl)ccc1OC(F)F. The lowest BCUT2D eigenvalue weighted by atomic mass is 10.2. The van der Waals surface area contributed by atoms with Gasteiger partial charge in [0.15, 0.2) is 11.5 Å². The van der Waals surface area contributed by atoms with Gasteiger partial charge in [0.1, 0.15) is 0 Å². The number of methoxy groups -OCH3 is 1. The number of anilines is 1. The van der Waals surface area contributed by atoms with Gasteiger partial charge in [-0.3, -0.25) is 15.6 Å². The van der Waals surface area contributed by atoms with Crippen LogP contribution in [0.2, 0.25) is 15.1 Å². The van der Waals surface area contributed by atoms with Gasteiger partial charge in [-0.15, -0.1) is 0 Å². The standard InChI is InChI=1S/C17H13Cl3F2N2O3/c1-26-14-6-9(2-4-13(14)27-17(21)22)3-5-15(25)23-24-16-11(19)7-10(18)8-12(16)20/h2-8,17,24H,1H3,(H,23,25)/b5-3+. The van der Waals surface area contributed by atoms with E-state index in [0.717, 1.165) is 0 Å². The summed E-state index contributed by atoms with van der Waals surface area (Å²) in [5.41, 5.74) is 5.81. The number of hydrogen-bond acceptors (Lipinski definition) is 4. The molecule has 5 nitrogen and oxygen atoms in total. The third kappa shape index (κ3) is 6.16. The fourth-order valence-corrected chi connectivity index (χ4v) is 2.89. The fraction of sp³-hybridized carbons (Fsp3) is 0.118. The number of ether oxygens (including phenoxy) is 2. The van der Waals surface area contributed by atoms with Crippen molar-refractivity contribution in [2.45, 2.75) is 6.61 Å². The van der Waals surface area contributed by atoms with Crippen LogP contribution >= 0.6 is 34.8 Å². The third-order valence-electron chi connectivity index (χ3n) is 3.15. The molecule has 144 valence electrons. The highest BCUT2D eigenvalue weighted by molar-refractivity contribution is 6.41. The molecular formula is C17H13Cl3F2N2O3. The van der Waals surface area contributed by atoms with Crippen LogP contribution in [0.25, 0.3) is 6.08 Å². The average molecular weight is 438 g/mol. The largest absolute Gasteiger partial charge is 0.493 e. The van der Waals surface area contributed by atoms with Crippen molar-refractivity contribution in [1.29, 1.82) is 0 Å². The third-order valence-corrected chi connectivity index (χ3v) is 3.96. The monoisotopic (exact) mass is 436 g/mol. The second-order valence-electron chi connectivity index (χ2n) is 4.98. The molecule has 0 spiro atoms. The Morgan fingerprint density at radius 3 is 2.37 bits per heavy atom. The van der Waals surface area contributed by atoms with Crippen LogP contribution in [0.4, 0.5) is 14.5 Å². The summed E-state index contributed by atoms with van der Waals surface area (Å²) in [7, 11) is 1.32. The maximum atomic E-state index is 12.3. The van der Waals surface area contributed by atoms with E-state index in [1.807, 2.05) is 0 Å². The molecule has 0 saturated carbocycles. The van der Waals surface area contributed by atoms with Crippen molar-refractivity contribution < 1.29 is 23.0 Å². The zero-order valence-electron chi connectivity index (χ0n) is 13.7. The van der Waals surface area contributed by atoms with E-state index in [0.29, 0.717) is 16.3 Å². The number of carbonyl (C=O) groups excluding carboxylic acids is 1. The first kappa shape index (κ1) is 21.1. The van der Waals surface area contributed by atoms with Gasteiger partial charge in [0, 0.05) is 11.1 Å². The smallest absolute Gasteiger partial charge is 0.387 e. The van der Waals surface area contributed by atoms with Gasteiger partial charge in [-0.1, -0.05) is 40.9 Å². The molecule has 0 bridgehead atoms. The molecule has 0 aliphatic carbocycles. The van der Waals surface area contributed by atoms with Gasteiger partial charge in [0.05, 0.1) is 22.8 Å².